The second kappa shape index (κ2) is 28.2. The normalized spacial score (nSPS) is 34.8. The van der Waals surface area contributed by atoms with Crippen molar-refractivity contribution in [3.8, 4) is 33.8 Å². The molecule has 8 bridgehead atoms. The lowest BCUT2D eigenvalue weighted by atomic mass is 9.43. The van der Waals surface area contributed by atoms with Gasteiger partial charge in [0.1, 0.15) is 17.6 Å². The number of hydrogen-bond acceptors (Lipinski definition) is 13. The lowest BCUT2D eigenvalue weighted by Gasteiger charge is -2.62. The molecule has 3 aromatic carbocycles. The van der Waals surface area contributed by atoms with E-state index in [1.807, 2.05) is 85.0 Å². The minimum absolute atomic E-state index is 0.0119. The van der Waals surface area contributed by atoms with Gasteiger partial charge in [0.25, 0.3) is 0 Å². The standard InChI is InChI=1S/C95H106N4O11/c1-52(73-31-33-75-70-29-18-57-46-63(100)41-43-92(57,3)77(70)50-83(101)94(73,75)5)11-39-85(103)108-64-24-13-54(14-25-64)87-79-35-20-59(96-79)48-61-22-37-81(98-61)88(82-38-23-62(99-82)49-60-21-36-80(87)97-60)55-15-26-65(27-16-55)109-86(104)40-12-53(2)74-32-34-76-71-30-19-58-47-66(42-44-93(58,4)78(71)51-84(102)95(74,76)6)110-91(107)56-17-28-69-72(45-56)90(106)68-10-8-7-9-67(68)89(69)105/h7-10,13-17,20-28,35-38,45,48-49,52-53,57-58,63,66-68,70-71,73-78,83-84,98-102H,11-12,18-19,29-34,39-44,46-47,50-51H2,1-6H3/t52-,53-,57-,58-,63-,66-,67?,68?,70+,71+,73-,74-,75+,76+,77+,78+,83+,84+,92+,93+,94-,95-/m1/s1. The van der Waals surface area contributed by atoms with Crippen LogP contribution < -0.4 is 9.47 Å². The van der Waals surface area contributed by atoms with Crippen molar-refractivity contribution in [3.05, 3.63) is 167 Å². The van der Waals surface area contributed by atoms with Gasteiger partial charge in [-0.1, -0.05) is 90.1 Å². The van der Waals surface area contributed by atoms with Gasteiger partial charge in [0.15, 0.2) is 11.6 Å². The third-order valence-corrected chi connectivity index (χ3v) is 31.5. The van der Waals surface area contributed by atoms with E-state index in [1.54, 1.807) is 42.5 Å². The first-order chi connectivity index (χ1) is 53.0. The third-order valence-electron chi connectivity index (χ3n) is 31.5. The van der Waals surface area contributed by atoms with Crippen molar-refractivity contribution >= 4 is 75.8 Å². The topological polar surface area (TPSA) is 231 Å². The van der Waals surface area contributed by atoms with Gasteiger partial charge < -0.3 is 39.5 Å². The van der Waals surface area contributed by atoms with Crippen LogP contribution in [0.2, 0.25) is 0 Å². The molecule has 5 N–H and O–H groups in total. The van der Waals surface area contributed by atoms with Crippen LogP contribution in [0, 0.1) is 105 Å². The van der Waals surface area contributed by atoms with Crippen LogP contribution in [0.4, 0.5) is 0 Å². The number of hydrogen-bond donors (Lipinski definition) is 5. The number of benzene rings is 3. The van der Waals surface area contributed by atoms with Crippen LogP contribution in [0.5, 0.6) is 11.5 Å². The van der Waals surface area contributed by atoms with Crippen LogP contribution in [0.3, 0.4) is 0 Å². The Morgan fingerprint density at radius 3 is 1.53 bits per heavy atom. The molecule has 572 valence electrons. The number of ketones is 2. The number of nitrogens with one attached hydrogen (secondary N) is 2. The molecule has 0 radical (unpaired) electrons. The molecule has 2 aliphatic heterocycles. The van der Waals surface area contributed by atoms with E-state index >= 15 is 0 Å². The van der Waals surface area contributed by atoms with Crippen LogP contribution >= 0.6 is 0 Å². The summed E-state index contributed by atoms with van der Waals surface area (Å²) in [5, 5.41) is 35.2. The number of carbonyl (C=O) groups excluding carboxylic acids is 5. The van der Waals surface area contributed by atoms with Gasteiger partial charge in [-0.25, -0.2) is 14.8 Å². The minimum atomic E-state index is -0.550. The highest BCUT2D eigenvalue weighted by Crippen LogP contribution is 2.71. The van der Waals surface area contributed by atoms with Gasteiger partial charge in [0, 0.05) is 57.2 Å². The highest BCUT2D eigenvalue weighted by molar-refractivity contribution is 6.18. The fraction of sp³-hybridized carbons (Fsp3) is 0.505. The Morgan fingerprint density at radius 2 is 1.00 bits per heavy atom. The molecule has 0 saturated heterocycles. The summed E-state index contributed by atoms with van der Waals surface area (Å²) in [5.41, 5.74) is 10.9. The molecule has 8 fully saturated rings. The highest BCUT2D eigenvalue weighted by Gasteiger charge is 2.66. The third kappa shape index (κ3) is 12.5. The zero-order chi connectivity index (χ0) is 75.9. The summed E-state index contributed by atoms with van der Waals surface area (Å²) in [6.07, 6.45) is 31.6. The van der Waals surface area contributed by atoms with Gasteiger partial charge in [-0.2, -0.15) is 0 Å². The Morgan fingerprint density at radius 1 is 0.509 bits per heavy atom. The molecule has 22 atom stereocenters. The quantitative estimate of drug-likeness (QED) is 0.0504. The van der Waals surface area contributed by atoms with E-state index in [9.17, 15) is 39.3 Å². The lowest BCUT2D eigenvalue weighted by molar-refractivity contribution is -0.175. The van der Waals surface area contributed by atoms with Crippen molar-refractivity contribution in [1.29, 1.82) is 0 Å². The minimum Gasteiger partial charge on any atom is -0.459 e. The average molecular weight is 1480 g/mol. The number of H-pyrrole nitrogens is 2. The monoisotopic (exact) mass is 1480 g/mol. The number of ether oxygens (including phenoxy) is 3. The van der Waals surface area contributed by atoms with Crippen LogP contribution in [0.1, 0.15) is 224 Å². The Bertz CT molecular complexity index is 4890. The number of aliphatic hydroxyl groups excluding tert-OH is 3. The summed E-state index contributed by atoms with van der Waals surface area (Å²) in [5.74, 6) is 3.52. The summed E-state index contributed by atoms with van der Waals surface area (Å²) in [7, 11) is 0. The number of nitrogens with zero attached hydrogens (tertiary/aromatic N) is 2. The van der Waals surface area contributed by atoms with Gasteiger partial charge in [0.2, 0.25) is 0 Å². The van der Waals surface area contributed by atoms with Crippen LogP contribution in [0.25, 0.3) is 68.6 Å². The van der Waals surface area contributed by atoms with E-state index in [0.29, 0.717) is 101 Å². The molecule has 15 heteroatoms. The first-order valence-electron chi connectivity index (χ1n) is 41.6. The zero-order valence-corrected chi connectivity index (χ0v) is 64.5. The summed E-state index contributed by atoms with van der Waals surface area (Å²) in [6, 6.07) is 32.5. The van der Waals surface area contributed by atoms with E-state index in [1.165, 1.54) is 12.8 Å². The van der Waals surface area contributed by atoms with Gasteiger partial charge in [0.05, 0.1) is 58.5 Å². The molecule has 0 spiro atoms. The van der Waals surface area contributed by atoms with Crippen molar-refractivity contribution < 1.29 is 53.5 Å². The predicted octanol–water partition coefficient (Wildman–Crippen LogP) is 19.2. The number of aromatic amines is 2. The van der Waals surface area contributed by atoms with E-state index in [4.69, 9.17) is 24.2 Å². The maximum Gasteiger partial charge on any atom is 0.338 e. The number of rotatable bonds is 14. The van der Waals surface area contributed by atoms with E-state index in [0.717, 1.165) is 157 Å². The first-order valence-corrected chi connectivity index (χ1v) is 41.6. The number of carbonyl (C=O) groups is 5. The SMILES string of the molecule is C[C@H](CCC(=O)Oc1ccc(-c2c3nc(cc4ccc([nH]4)c(-c4ccc(OC(=O)CC[C@@H](C)[C@H]5CC[C@H]6[C@@H]7CC[C@@H]8C[C@H](OC(=O)c9ccc%10c(c9)C(=O)C9C=CC=CC9C%10=O)CC[C@]8(C)[C@H]7C[C@H](O)[C@]56C)cc4)c4ccc(cc5nc2C=C5)[nH]4)C=C3)cc1)[C@H]1CC[C@H]2[C@@H]3CC[C@@H]4C[C@H](O)CC[C@]4(C)[C@H]3C[C@H](O)[C@]12C. The summed E-state index contributed by atoms with van der Waals surface area (Å²) in [6.45, 7) is 14.2. The predicted molar refractivity (Wildman–Crippen MR) is 427 cm³/mol. The molecule has 110 heavy (non-hydrogen) atoms. The average Bonchev–Trinajstić information content (AvgIpc) is 1.43. The van der Waals surface area contributed by atoms with E-state index < -0.39 is 23.9 Å². The van der Waals surface area contributed by atoms with Gasteiger partial charge in [-0.3, -0.25) is 19.2 Å². The maximum absolute atomic E-state index is 13.8. The van der Waals surface area contributed by atoms with Crippen molar-refractivity contribution in [2.45, 2.75) is 194 Å². The maximum atomic E-state index is 13.8. The van der Waals surface area contributed by atoms with Crippen molar-refractivity contribution in [3.63, 3.8) is 0 Å². The van der Waals surface area contributed by atoms with Crippen LogP contribution in [-0.2, 0) is 14.3 Å². The zero-order valence-electron chi connectivity index (χ0n) is 64.5. The molecule has 5 heterocycles. The number of aliphatic hydroxyl groups is 3. The summed E-state index contributed by atoms with van der Waals surface area (Å²) >= 11 is 0. The molecule has 15 nitrogen and oxygen atoms in total. The van der Waals surface area contributed by atoms with E-state index in [2.05, 4.69) is 75.8 Å². The Balaban J connectivity index is 0.498. The molecule has 12 aliphatic rings. The number of aromatic nitrogens is 4. The Labute approximate surface area is 645 Å². The van der Waals surface area contributed by atoms with Crippen molar-refractivity contribution in [1.82, 2.24) is 19.9 Å². The second-order valence-electron chi connectivity index (χ2n) is 36.7. The molecule has 2 unspecified atom stereocenters. The summed E-state index contributed by atoms with van der Waals surface area (Å²) < 4.78 is 18.4. The van der Waals surface area contributed by atoms with Gasteiger partial charge >= 0.3 is 17.9 Å². The number of allylic oxidation sites excluding steroid dienone is 4. The molecule has 10 aliphatic carbocycles. The molecule has 0 amide bonds. The number of Topliss-reactive ketones (excluding diaryl/α,β-unsaturated/α-hetero) is 2. The van der Waals surface area contributed by atoms with Gasteiger partial charge in [-0.05, 0) is 323 Å². The van der Waals surface area contributed by atoms with E-state index in [-0.39, 0.29) is 87.7 Å². The Kier molecular flexibility index (Phi) is 18.7. The molecule has 8 saturated carbocycles. The van der Waals surface area contributed by atoms with Crippen LogP contribution in [0.15, 0.2) is 127 Å². The highest BCUT2D eigenvalue weighted by atomic mass is 16.5. The molecule has 6 aromatic rings. The Hall–Kier alpha value is -8.63. The number of fused-ring (bicyclic) bond motifs is 20. The fourth-order valence-corrected chi connectivity index (χ4v) is 25.7. The molecular formula is C95H106N4O11. The van der Waals surface area contributed by atoms with Crippen LogP contribution in [-0.4, -0.2) is 89.1 Å². The van der Waals surface area contributed by atoms with Crippen molar-refractivity contribution in [2.24, 2.45) is 105 Å². The molecule has 3 aromatic heterocycles. The lowest BCUT2D eigenvalue weighted by Crippen LogP contribution is -2.59. The first kappa shape index (κ1) is 72.9. The summed E-state index contributed by atoms with van der Waals surface area (Å²) in [4.78, 5) is 85.9. The van der Waals surface area contributed by atoms with Crippen molar-refractivity contribution in [2.75, 3.05) is 0 Å². The fourth-order valence-electron chi connectivity index (χ4n) is 25.7. The second-order valence-corrected chi connectivity index (χ2v) is 36.7. The smallest absolute Gasteiger partial charge is 0.338 e. The van der Waals surface area contributed by atoms with Gasteiger partial charge in [-0.15, -0.1) is 0 Å². The number of esters is 3. The molecule has 18 rings (SSSR count). The largest absolute Gasteiger partial charge is 0.459 e. The molecular weight excluding hydrogens is 1370 g/mol.